The van der Waals surface area contributed by atoms with Gasteiger partial charge in [0.1, 0.15) is 11.6 Å². The minimum absolute atomic E-state index is 0.0192. The van der Waals surface area contributed by atoms with Gasteiger partial charge < -0.3 is 24.6 Å². The molecule has 0 amide bonds. The second kappa shape index (κ2) is 7.35. The quantitative estimate of drug-likeness (QED) is 0.810. The number of methoxy groups -OCH3 is 3. The van der Waals surface area contributed by atoms with E-state index in [1.54, 1.807) is 45.6 Å². The smallest absolute Gasteiger partial charge is 0.354 e. The molecular formula is C16H18N2O5. The summed E-state index contributed by atoms with van der Waals surface area (Å²) in [5, 5.41) is 12.0. The average molecular weight is 318 g/mol. The Morgan fingerprint density at radius 1 is 1.09 bits per heavy atom. The number of carboxylic acid groups (broad SMARTS) is 1. The normalized spacial score (nSPS) is 10.0. The zero-order valence-electron chi connectivity index (χ0n) is 13.1. The van der Waals surface area contributed by atoms with Gasteiger partial charge in [0.15, 0.2) is 17.2 Å². The van der Waals surface area contributed by atoms with E-state index < -0.39 is 5.97 Å². The van der Waals surface area contributed by atoms with Crippen molar-refractivity contribution in [1.29, 1.82) is 0 Å². The molecule has 0 aliphatic heterocycles. The van der Waals surface area contributed by atoms with E-state index in [0.717, 1.165) is 5.56 Å². The standard InChI is InChI=1S/C16H18N2O5/c1-21-12-8-14(23-3)13(22-2)7-10(12)9-17-15-6-4-5-11(18-15)16(19)20/h4-8H,9H2,1-3H3,(H,17,18)(H,19,20). The van der Waals surface area contributed by atoms with E-state index in [0.29, 0.717) is 29.6 Å². The minimum Gasteiger partial charge on any atom is -0.496 e. The number of anilines is 1. The number of aromatic nitrogens is 1. The van der Waals surface area contributed by atoms with Crippen LogP contribution < -0.4 is 19.5 Å². The maximum absolute atomic E-state index is 10.9. The molecule has 1 aromatic heterocycles. The van der Waals surface area contributed by atoms with Gasteiger partial charge in [-0.05, 0) is 18.2 Å². The number of carboxylic acids is 1. The lowest BCUT2D eigenvalue weighted by Crippen LogP contribution is -2.07. The van der Waals surface area contributed by atoms with Crippen LogP contribution in [0.3, 0.4) is 0 Å². The highest BCUT2D eigenvalue weighted by molar-refractivity contribution is 5.85. The van der Waals surface area contributed by atoms with Crippen LogP contribution in [0.25, 0.3) is 0 Å². The molecular weight excluding hydrogens is 300 g/mol. The molecule has 1 aromatic carbocycles. The average Bonchev–Trinajstić information content (AvgIpc) is 2.59. The zero-order valence-corrected chi connectivity index (χ0v) is 13.1. The molecule has 0 saturated heterocycles. The van der Waals surface area contributed by atoms with Crippen molar-refractivity contribution in [3.63, 3.8) is 0 Å². The molecule has 1 heterocycles. The molecule has 2 N–H and O–H groups in total. The number of rotatable bonds is 7. The molecule has 0 spiro atoms. The Bertz CT molecular complexity index is 703. The van der Waals surface area contributed by atoms with E-state index in [1.807, 2.05) is 0 Å². The second-order valence-corrected chi connectivity index (χ2v) is 4.59. The predicted octanol–water partition coefficient (Wildman–Crippen LogP) is 2.42. The highest BCUT2D eigenvalue weighted by Crippen LogP contribution is 2.34. The maximum atomic E-state index is 10.9. The lowest BCUT2D eigenvalue weighted by atomic mass is 10.1. The molecule has 7 heteroatoms. The van der Waals surface area contributed by atoms with E-state index in [4.69, 9.17) is 19.3 Å². The Labute approximate surface area is 133 Å². The first-order chi connectivity index (χ1) is 11.1. The van der Waals surface area contributed by atoms with Crippen molar-refractivity contribution in [1.82, 2.24) is 4.98 Å². The molecule has 2 rings (SSSR count). The molecule has 0 unspecified atom stereocenters. The molecule has 0 fully saturated rings. The van der Waals surface area contributed by atoms with Crippen LogP contribution in [0.15, 0.2) is 30.3 Å². The number of hydrogen-bond acceptors (Lipinski definition) is 6. The van der Waals surface area contributed by atoms with Gasteiger partial charge in [-0.25, -0.2) is 9.78 Å². The van der Waals surface area contributed by atoms with Gasteiger partial charge in [-0.3, -0.25) is 0 Å². The Morgan fingerprint density at radius 2 is 1.74 bits per heavy atom. The first kappa shape index (κ1) is 16.4. The van der Waals surface area contributed by atoms with Gasteiger partial charge in [0.05, 0.1) is 21.3 Å². The molecule has 0 aliphatic carbocycles. The third kappa shape index (κ3) is 3.82. The highest BCUT2D eigenvalue weighted by Gasteiger charge is 2.12. The number of aromatic carboxylic acids is 1. The number of benzene rings is 1. The van der Waals surface area contributed by atoms with Crippen molar-refractivity contribution >= 4 is 11.8 Å². The number of carbonyl (C=O) groups is 1. The van der Waals surface area contributed by atoms with Crippen LogP contribution in [-0.4, -0.2) is 37.4 Å². The molecule has 0 aliphatic rings. The predicted molar refractivity (Wildman–Crippen MR) is 84.6 cm³/mol. The number of ether oxygens (including phenoxy) is 3. The molecule has 23 heavy (non-hydrogen) atoms. The third-order valence-electron chi connectivity index (χ3n) is 3.21. The second-order valence-electron chi connectivity index (χ2n) is 4.59. The van der Waals surface area contributed by atoms with Crippen molar-refractivity contribution < 1.29 is 24.1 Å². The van der Waals surface area contributed by atoms with Crippen LogP contribution in [0.4, 0.5) is 5.82 Å². The van der Waals surface area contributed by atoms with Gasteiger partial charge in [0.25, 0.3) is 0 Å². The van der Waals surface area contributed by atoms with Crippen molar-refractivity contribution in [2.45, 2.75) is 6.54 Å². The van der Waals surface area contributed by atoms with Crippen LogP contribution in [0.2, 0.25) is 0 Å². The van der Waals surface area contributed by atoms with E-state index in [1.165, 1.54) is 6.07 Å². The van der Waals surface area contributed by atoms with Gasteiger partial charge in [-0.2, -0.15) is 0 Å². The van der Waals surface area contributed by atoms with Crippen LogP contribution in [-0.2, 0) is 6.54 Å². The fourth-order valence-corrected chi connectivity index (χ4v) is 2.07. The van der Waals surface area contributed by atoms with E-state index in [-0.39, 0.29) is 5.69 Å². The molecule has 0 saturated carbocycles. The van der Waals surface area contributed by atoms with E-state index in [2.05, 4.69) is 10.3 Å². The summed E-state index contributed by atoms with van der Waals surface area (Å²) in [5.74, 6) is 1.17. The van der Waals surface area contributed by atoms with Crippen LogP contribution in [0.1, 0.15) is 16.1 Å². The summed E-state index contributed by atoms with van der Waals surface area (Å²) >= 11 is 0. The maximum Gasteiger partial charge on any atom is 0.354 e. The number of nitrogens with one attached hydrogen (secondary N) is 1. The van der Waals surface area contributed by atoms with Crippen LogP contribution in [0, 0.1) is 0 Å². The van der Waals surface area contributed by atoms with Crippen molar-refractivity contribution in [2.24, 2.45) is 0 Å². The first-order valence-corrected chi connectivity index (χ1v) is 6.82. The summed E-state index contributed by atoms with van der Waals surface area (Å²) in [5.41, 5.74) is 0.807. The summed E-state index contributed by atoms with van der Waals surface area (Å²) in [6.45, 7) is 0.388. The zero-order chi connectivity index (χ0) is 16.8. The Hall–Kier alpha value is -2.96. The van der Waals surface area contributed by atoms with Gasteiger partial charge in [-0.15, -0.1) is 0 Å². The minimum atomic E-state index is -1.07. The largest absolute Gasteiger partial charge is 0.496 e. The number of pyridine rings is 1. The lowest BCUT2D eigenvalue weighted by Gasteiger charge is -2.15. The van der Waals surface area contributed by atoms with Crippen LogP contribution >= 0.6 is 0 Å². The fourth-order valence-electron chi connectivity index (χ4n) is 2.07. The third-order valence-corrected chi connectivity index (χ3v) is 3.21. The lowest BCUT2D eigenvalue weighted by molar-refractivity contribution is 0.0690. The first-order valence-electron chi connectivity index (χ1n) is 6.82. The monoisotopic (exact) mass is 318 g/mol. The summed E-state index contributed by atoms with van der Waals surface area (Å²) in [4.78, 5) is 15.0. The Balaban J connectivity index is 2.22. The number of hydrogen-bond donors (Lipinski definition) is 2. The van der Waals surface area contributed by atoms with Crippen molar-refractivity contribution in [3.8, 4) is 17.2 Å². The van der Waals surface area contributed by atoms with E-state index >= 15 is 0 Å². The fraction of sp³-hybridized carbons (Fsp3) is 0.250. The molecule has 0 radical (unpaired) electrons. The Morgan fingerprint density at radius 3 is 2.35 bits per heavy atom. The summed E-state index contributed by atoms with van der Waals surface area (Å²) < 4.78 is 15.9. The van der Waals surface area contributed by atoms with Gasteiger partial charge in [0.2, 0.25) is 0 Å². The number of nitrogens with zero attached hydrogens (tertiary/aromatic N) is 1. The molecule has 0 bridgehead atoms. The molecule has 0 atom stereocenters. The summed E-state index contributed by atoms with van der Waals surface area (Å²) in [6.07, 6.45) is 0. The molecule has 122 valence electrons. The Kier molecular flexibility index (Phi) is 5.24. The van der Waals surface area contributed by atoms with Gasteiger partial charge in [-0.1, -0.05) is 6.07 Å². The molecule has 7 nitrogen and oxygen atoms in total. The van der Waals surface area contributed by atoms with Gasteiger partial charge in [0, 0.05) is 18.2 Å². The van der Waals surface area contributed by atoms with Crippen molar-refractivity contribution in [2.75, 3.05) is 26.6 Å². The topological polar surface area (TPSA) is 89.9 Å². The van der Waals surface area contributed by atoms with E-state index in [9.17, 15) is 4.79 Å². The van der Waals surface area contributed by atoms with Gasteiger partial charge >= 0.3 is 5.97 Å². The molecule has 2 aromatic rings. The summed E-state index contributed by atoms with van der Waals surface area (Å²) in [6, 6.07) is 8.29. The SMILES string of the molecule is COc1cc(OC)c(OC)cc1CNc1cccc(C(=O)O)n1. The summed E-state index contributed by atoms with van der Waals surface area (Å²) in [7, 11) is 4.67. The van der Waals surface area contributed by atoms with Crippen molar-refractivity contribution in [3.05, 3.63) is 41.6 Å². The highest BCUT2D eigenvalue weighted by atomic mass is 16.5. The van der Waals surface area contributed by atoms with Crippen LogP contribution in [0.5, 0.6) is 17.2 Å².